The maximum atomic E-state index is 12.0. The van der Waals surface area contributed by atoms with Crippen LogP contribution in [0.3, 0.4) is 0 Å². The molecule has 2 N–H and O–H groups in total. The Hall–Kier alpha value is -4.24. The molecule has 0 saturated heterocycles. The third kappa shape index (κ3) is 5.89. The first-order chi connectivity index (χ1) is 15.5. The van der Waals surface area contributed by atoms with E-state index in [2.05, 4.69) is 10.5 Å². The Morgan fingerprint density at radius 3 is 2.50 bits per heavy atom. The molecule has 0 aliphatic carbocycles. The van der Waals surface area contributed by atoms with E-state index in [1.54, 1.807) is 60.7 Å². The van der Waals surface area contributed by atoms with Crippen LogP contribution in [0.25, 0.3) is 0 Å². The van der Waals surface area contributed by atoms with E-state index < -0.39 is 16.9 Å². The van der Waals surface area contributed by atoms with Crippen molar-refractivity contribution in [3.63, 3.8) is 0 Å². The first kappa shape index (κ1) is 22.4. The number of hydrogen-bond donors (Lipinski definition) is 2. The zero-order valence-corrected chi connectivity index (χ0v) is 17.2. The summed E-state index contributed by atoms with van der Waals surface area (Å²) >= 11 is 0. The maximum Gasteiger partial charge on any atom is 0.273 e. The Morgan fingerprint density at radius 2 is 1.84 bits per heavy atom. The molecule has 0 aliphatic rings. The number of nitro groups is 1. The molecule has 9 heteroatoms. The number of amides is 1. The molecular formula is C23H21N3O6. The molecule has 1 amide bonds. The van der Waals surface area contributed by atoms with Gasteiger partial charge in [0.25, 0.3) is 11.6 Å². The highest BCUT2D eigenvalue weighted by Gasteiger charge is 2.16. The third-order valence-electron chi connectivity index (χ3n) is 4.48. The molecular weight excluding hydrogens is 414 g/mol. The number of carbonyl (C=O) groups is 1. The molecule has 3 aromatic carbocycles. The van der Waals surface area contributed by atoms with Crippen LogP contribution in [-0.4, -0.2) is 29.3 Å². The fourth-order valence-corrected chi connectivity index (χ4v) is 2.78. The minimum Gasteiger partial charge on any atom is -0.493 e. The topological polar surface area (TPSA) is 123 Å². The fraction of sp³-hybridized carbons (Fsp3) is 0.130. The SMILES string of the molecule is COc1cc(/C=N\NC(=O)[C@H](O)c2ccccc2)ccc1OCc1ccc([N+](=O)[O-])cc1. The third-order valence-corrected chi connectivity index (χ3v) is 4.48. The number of aliphatic hydroxyl groups excluding tert-OH is 1. The molecule has 3 aromatic rings. The molecule has 3 rings (SSSR count). The normalized spacial score (nSPS) is 11.7. The van der Waals surface area contributed by atoms with Gasteiger partial charge in [-0.1, -0.05) is 30.3 Å². The van der Waals surface area contributed by atoms with E-state index >= 15 is 0 Å². The van der Waals surface area contributed by atoms with Crippen molar-refractivity contribution in [2.45, 2.75) is 12.7 Å². The second-order valence-corrected chi connectivity index (χ2v) is 6.67. The van der Waals surface area contributed by atoms with Gasteiger partial charge >= 0.3 is 0 Å². The average Bonchev–Trinajstić information content (AvgIpc) is 2.83. The van der Waals surface area contributed by atoms with Crippen LogP contribution in [0.1, 0.15) is 22.8 Å². The summed E-state index contributed by atoms with van der Waals surface area (Å²) < 4.78 is 11.1. The van der Waals surface area contributed by atoms with Crippen LogP contribution in [0.5, 0.6) is 11.5 Å². The van der Waals surface area contributed by atoms with Gasteiger partial charge in [-0.2, -0.15) is 5.10 Å². The van der Waals surface area contributed by atoms with Crippen molar-refractivity contribution < 1.29 is 24.3 Å². The summed E-state index contributed by atoms with van der Waals surface area (Å²) in [4.78, 5) is 22.3. The number of nitrogens with one attached hydrogen (secondary N) is 1. The molecule has 0 aliphatic heterocycles. The summed E-state index contributed by atoms with van der Waals surface area (Å²) in [5, 5.41) is 24.6. The van der Waals surface area contributed by atoms with Gasteiger partial charge in [0.2, 0.25) is 0 Å². The molecule has 0 spiro atoms. The highest BCUT2D eigenvalue weighted by atomic mass is 16.6. The van der Waals surface area contributed by atoms with Gasteiger partial charge in [-0.25, -0.2) is 5.43 Å². The number of non-ortho nitro benzene ring substituents is 1. The Kier molecular flexibility index (Phi) is 7.50. The Labute approximate surface area is 184 Å². The Morgan fingerprint density at radius 1 is 1.12 bits per heavy atom. The highest BCUT2D eigenvalue weighted by Crippen LogP contribution is 2.28. The number of methoxy groups -OCH3 is 1. The largest absolute Gasteiger partial charge is 0.493 e. The van der Waals surface area contributed by atoms with E-state index in [4.69, 9.17) is 9.47 Å². The van der Waals surface area contributed by atoms with Gasteiger partial charge in [-0.15, -0.1) is 0 Å². The van der Waals surface area contributed by atoms with Crippen molar-refractivity contribution in [3.05, 3.63) is 99.6 Å². The standard InChI is InChI=1S/C23H21N3O6/c1-31-21-13-17(14-24-25-23(28)22(27)18-5-3-2-4-6-18)9-12-20(21)32-15-16-7-10-19(11-8-16)26(29)30/h2-14,22,27H,15H2,1H3,(H,25,28)/b24-14-/t22-/m1/s1. The summed E-state index contributed by atoms with van der Waals surface area (Å²) in [6.45, 7) is 0.204. The van der Waals surface area contributed by atoms with Crippen molar-refractivity contribution in [1.29, 1.82) is 0 Å². The van der Waals surface area contributed by atoms with E-state index in [0.717, 1.165) is 5.56 Å². The molecule has 0 saturated carbocycles. The van der Waals surface area contributed by atoms with Gasteiger partial charge in [0.15, 0.2) is 17.6 Å². The predicted molar refractivity (Wildman–Crippen MR) is 118 cm³/mol. The number of hydrazone groups is 1. The lowest BCUT2D eigenvalue weighted by Crippen LogP contribution is -2.25. The minimum absolute atomic E-state index is 0.0124. The lowest BCUT2D eigenvalue weighted by molar-refractivity contribution is -0.384. The fourth-order valence-electron chi connectivity index (χ4n) is 2.78. The smallest absolute Gasteiger partial charge is 0.273 e. The molecule has 0 radical (unpaired) electrons. The van der Waals surface area contributed by atoms with Crippen molar-refractivity contribution in [2.75, 3.05) is 7.11 Å². The number of nitrogens with zero attached hydrogens (tertiary/aromatic N) is 2. The van der Waals surface area contributed by atoms with Gasteiger partial charge in [-0.05, 0) is 47.0 Å². The predicted octanol–water partition coefficient (Wildman–Crippen LogP) is 3.37. The Balaban J connectivity index is 1.59. The molecule has 164 valence electrons. The van der Waals surface area contributed by atoms with Crippen molar-refractivity contribution in [1.82, 2.24) is 5.43 Å². The number of hydrogen-bond acceptors (Lipinski definition) is 7. The lowest BCUT2D eigenvalue weighted by Gasteiger charge is -2.11. The number of aliphatic hydroxyl groups is 1. The molecule has 0 unspecified atom stereocenters. The van der Waals surface area contributed by atoms with Crippen LogP contribution < -0.4 is 14.9 Å². The number of nitro benzene ring substituents is 1. The van der Waals surface area contributed by atoms with Crippen LogP contribution in [0.4, 0.5) is 5.69 Å². The molecule has 0 heterocycles. The van der Waals surface area contributed by atoms with Gasteiger partial charge in [-0.3, -0.25) is 14.9 Å². The summed E-state index contributed by atoms with van der Waals surface area (Å²) in [5.41, 5.74) is 4.19. The minimum atomic E-state index is -1.32. The number of benzene rings is 3. The lowest BCUT2D eigenvalue weighted by atomic mass is 10.1. The zero-order chi connectivity index (χ0) is 22.9. The Bertz CT molecular complexity index is 1100. The molecule has 9 nitrogen and oxygen atoms in total. The van der Waals surface area contributed by atoms with Crippen LogP contribution in [0, 0.1) is 10.1 Å². The van der Waals surface area contributed by atoms with Gasteiger partial charge in [0, 0.05) is 12.1 Å². The van der Waals surface area contributed by atoms with Crippen LogP contribution in [0.2, 0.25) is 0 Å². The summed E-state index contributed by atoms with van der Waals surface area (Å²) in [6.07, 6.45) is 0.0937. The van der Waals surface area contributed by atoms with Crippen molar-refractivity contribution >= 4 is 17.8 Å². The van der Waals surface area contributed by atoms with Gasteiger partial charge < -0.3 is 14.6 Å². The maximum absolute atomic E-state index is 12.0. The number of rotatable bonds is 9. The van der Waals surface area contributed by atoms with E-state index in [0.29, 0.717) is 22.6 Å². The van der Waals surface area contributed by atoms with Gasteiger partial charge in [0.05, 0.1) is 18.2 Å². The second-order valence-electron chi connectivity index (χ2n) is 6.67. The average molecular weight is 435 g/mol. The molecule has 32 heavy (non-hydrogen) atoms. The van der Waals surface area contributed by atoms with E-state index in [9.17, 15) is 20.0 Å². The molecule has 0 aromatic heterocycles. The number of ether oxygens (including phenoxy) is 2. The quantitative estimate of drug-likeness (QED) is 0.302. The van der Waals surface area contributed by atoms with E-state index in [-0.39, 0.29) is 12.3 Å². The van der Waals surface area contributed by atoms with Crippen LogP contribution in [0.15, 0.2) is 77.9 Å². The van der Waals surface area contributed by atoms with Crippen molar-refractivity contribution in [2.24, 2.45) is 5.10 Å². The van der Waals surface area contributed by atoms with E-state index in [1.807, 2.05) is 0 Å². The summed E-state index contributed by atoms with van der Waals surface area (Å²) in [7, 11) is 1.49. The molecule has 1 atom stereocenters. The monoisotopic (exact) mass is 435 g/mol. The zero-order valence-electron chi connectivity index (χ0n) is 17.2. The summed E-state index contributed by atoms with van der Waals surface area (Å²) in [5.74, 6) is 0.278. The van der Waals surface area contributed by atoms with Crippen LogP contribution in [-0.2, 0) is 11.4 Å². The van der Waals surface area contributed by atoms with E-state index in [1.165, 1.54) is 25.5 Å². The first-order valence-electron chi connectivity index (χ1n) is 9.58. The summed E-state index contributed by atoms with van der Waals surface area (Å²) in [6, 6.07) is 19.7. The molecule has 0 fully saturated rings. The molecule has 0 bridgehead atoms. The van der Waals surface area contributed by atoms with Crippen molar-refractivity contribution in [3.8, 4) is 11.5 Å². The first-order valence-corrected chi connectivity index (χ1v) is 9.58. The van der Waals surface area contributed by atoms with Crippen LogP contribution >= 0.6 is 0 Å². The van der Waals surface area contributed by atoms with Gasteiger partial charge in [0.1, 0.15) is 6.61 Å². The second kappa shape index (κ2) is 10.7. The highest BCUT2D eigenvalue weighted by molar-refractivity contribution is 5.85. The number of carbonyl (C=O) groups excluding carboxylic acids is 1.